The third-order valence-electron chi connectivity index (χ3n) is 4.68. The molecule has 5 nitrogen and oxygen atoms in total. The molecule has 136 valence electrons. The smallest absolute Gasteiger partial charge is 0.269 e. The molecular formula is C21H24N2O3. The van der Waals surface area contributed by atoms with Crippen LogP contribution >= 0.6 is 0 Å². The van der Waals surface area contributed by atoms with E-state index in [1.807, 2.05) is 6.92 Å². The molecule has 3 rings (SSSR count). The first-order chi connectivity index (χ1) is 12.4. The van der Waals surface area contributed by atoms with Crippen molar-refractivity contribution in [2.45, 2.75) is 39.0 Å². The SMILES string of the molecule is C/C(=C\c1ccc(C(C)C)cc1)[C@@H]1NC[C@@H](c2ccc([N+](=O)[O-])cc2)O1. The number of ether oxygens (including phenoxy) is 1. The molecule has 2 atom stereocenters. The zero-order valence-corrected chi connectivity index (χ0v) is 15.3. The Labute approximate surface area is 153 Å². The molecule has 1 aliphatic heterocycles. The first kappa shape index (κ1) is 18.3. The minimum absolute atomic E-state index is 0.0946. The van der Waals surface area contributed by atoms with Gasteiger partial charge in [-0.15, -0.1) is 0 Å². The molecule has 1 N–H and O–H groups in total. The zero-order chi connectivity index (χ0) is 18.7. The zero-order valence-electron chi connectivity index (χ0n) is 15.3. The summed E-state index contributed by atoms with van der Waals surface area (Å²) in [6.07, 6.45) is 1.87. The van der Waals surface area contributed by atoms with E-state index in [1.165, 1.54) is 17.7 Å². The van der Waals surface area contributed by atoms with Crippen LogP contribution in [0.5, 0.6) is 0 Å². The van der Waals surface area contributed by atoms with E-state index in [4.69, 9.17) is 4.74 Å². The Morgan fingerprint density at radius 1 is 1.19 bits per heavy atom. The van der Waals surface area contributed by atoms with Crippen LogP contribution in [0.2, 0.25) is 0 Å². The molecule has 2 aromatic rings. The second-order valence-corrected chi connectivity index (χ2v) is 6.97. The molecule has 0 aromatic heterocycles. The fraction of sp³-hybridized carbons (Fsp3) is 0.333. The van der Waals surface area contributed by atoms with Crippen molar-refractivity contribution in [2.75, 3.05) is 6.54 Å². The Morgan fingerprint density at radius 2 is 1.85 bits per heavy atom. The molecule has 0 aliphatic carbocycles. The van der Waals surface area contributed by atoms with Crippen LogP contribution in [0.3, 0.4) is 0 Å². The van der Waals surface area contributed by atoms with Gasteiger partial charge in [0.05, 0.1) is 11.0 Å². The third-order valence-corrected chi connectivity index (χ3v) is 4.68. The summed E-state index contributed by atoms with van der Waals surface area (Å²) in [7, 11) is 0. The Balaban J connectivity index is 1.66. The lowest BCUT2D eigenvalue weighted by molar-refractivity contribution is -0.384. The van der Waals surface area contributed by atoms with Gasteiger partial charge in [0.15, 0.2) is 0 Å². The predicted octanol–water partition coefficient (Wildman–Crippen LogP) is 4.81. The van der Waals surface area contributed by atoms with Crippen LogP contribution in [0, 0.1) is 10.1 Å². The van der Waals surface area contributed by atoms with E-state index in [2.05, 4.69) is 49.5 Å². The summed E-state index contributed by atoms with van der Waals surface area (Å²) in [4.78, 5) is 10.4. The summed E-state index contributed by atoms with van der Waals surface area (Å²) in [5.74, 6) is 0.524. The minimum atomic E-state index is -0.391. The number of benzene rings is 2. The largest absolute Gasteiger partial charge is 0.350 e. The number of nitro benzene ring substituents is 1. The number of hydrogen-bond donors (Lipinski definition) is 1. The normalized spacial score (nSPS) is 20.5. The van der Waals surface area contributed by atoms with E-state index in [9.17, 15) is 10.1 Å². The molecule has 5 heteroatoms. The standard InChI is InChI=1S/C21H24N2O3/c1-14(2)17-6-4-16(5-7-17)12-15(3)21-22-13-20(26-21)18-8-10-19(11-9-18)23(24)25/h4-12,14,20-22H,13H2,1-3H3/b15-12+/t20-,21+/m0/s1. The highest BCUT2D eigenvalue weighted by molar-refractivity contribution is 5.54. The molecule has 0 radical (unpaired) electrons. The third kappa shape index (κ3) is 4.18. The molecule has 2 aromatic carbocycles. The lowest BCUT2D eigenvalue weighted by Crippen LogP contribution is -2.23. The van der Waals surface area contributed by atoms with Gasteiger partial charge in [-0.05, 0) is 47.2 Å². The summed E-state index contributed by atoms with van der Waals surface area (Å²) in [5, 5.41) is 14.1. The van der Waals surface area contributed by atoms with Gasteiger partial charge in [-0.2, -0.15) is 0 Å². The second-order valence-electron chi connectivity index (χ2n) is 6.97. The summed E-state index contributed by atoms with van der Waals surface area (Å²) in [6.45, 7) is 7.10. The summed E-state index contributed by atoms with van der Waals surface area (Å²) >= 11 is 0. The number of hydrogen-bond acceptors (Lipinski definition) is 4. The molecule has 0 bridgehead atoms. The maximum absolute atomic E-state index is 10.8. The summed E-state index contributed by atoms with van der Waals surface area (Å²) in [5.41, 5.74) is 4.62. The van der Waals surface area contributed by atoms with Crippen molar-refractivity contribution in [1.29, 1.82) is 0 Å². The van der Waals surface area contributed by atoms with E-state index in [0.29, 0.717) is 12.5 Å². The van der Waals surface area contributed by atoms with Gasteiger partial charge in [0.2, 0.25) is 0 Å². The molecular weight excluding hydrogens is 328 g/mol. The van der Waals surface area contributed by atoms with Crippen molar-refractivity contribution in [3.05, 3.63) is 80.9 Å². The van der Waals surface area contributed by atoms with Crippen LogP contribution in [-0.2, 0) is 4.74 Å². The average molecular weight is 352 g/mol. The van der Waals surface area contributed by atoms with E-state index in [0.717, 1.165) is 16.7 Å². The monoisotopic (exact) mass is 352 g/mol. The topological polar surface area (TPSA) is 64.4 Å². The molecule has 1 heterocycles. The second kappa shape index (κ2) is 7.81. The van der Waals surface area contributed by atoms with Gasteiger partial charge in [0.1, 0.15) is 6.23 Å². The van der Waals surface area contributed by atoms with Crippen LogP contribution in [0.4, 0.5) is 5.69 Å². The first-order valence-electron chi connectivity index (χ1n) is 8.85. The molecule has 0 spiro atoms. The Hall–Kier alpha value is -2.50. The van der Waals surface area contributed by atoms with Gasteiger partial charge in [0.25, 0.3) is 5.69 Å². The fourth-order valence-corrected chi connectivity index (χ4v) is 3.07. The van der Waals surface area contributed by atoms with Gasteiger partial charge in [0, 0.05) is 18.7 Å². The molecule has 26 heavy (non-hydrogen) atoms. The van der Waals surface area contributed by atoms with Crippen molar-refractivity contribution >= 4 is 11.8 Å². The maximum atomic E-state index is 10.8. The lowest BCUT2D eigenvalue weighted by Gasteiger charge is -2.14. The van der Waals surface area contributed by atoms with Crippen LogP contribution < -0.4 is 5.32 Å². The summed E-state index contributed by atoms with van der Waals surface area (Å²) < 4.78 is 6.09. The van der Waals surface area contributed by atoms with Crippen LogP contribution in [0.25, 0.3) is 6.08 Å². The lowest BCUT2D eigenvalue weighted by atomic mass is 10.0. The highest BCUT2D eigenvalue weighted by Gasteiger charge is 2.27. The molecule has 1 saturated heterocycles. The quantitative estimate of drug-likeness (QED) is 0.619. The highest BCUT2D eigenvalue weighted by atomic mass is 16.6. The Kier molecular flexibility index (Phi) is 5.49. The van der Waals surface area contributed by atoms with Crippen LogP contribution in [0.15, 0.2) is 54.1 Å². The van der Waals surface area contributed by atoms with E-state index in [1.54, 1.807) is 12.1 Å². The minimum Gasteiger partial charge on any atom is -0.350 e. The molecule has 0 unspecified atom stereocenters. The molecule has 0 saturated carbocycles. The van der Waals surface area contributed by atoms with Crippen molar-refractivity contribution in [1.82, 2.24) is 5.32 Å². The van der Waals surface area contributed by atoms with Gasteiger partial charge >= 0.3 is 0 Å². The van der Waals surface area contributed by atoms with E-state index in [-0.39, 0.29) is 18.0 Å². The van der Waals surface area contributed by atoms with E-state index < -0.39 is 4.92 Å². The number of nitro groups is 1. The molecule has 1 aliphatic rings. The van der Waals surface area contributed by atoms with E-state index >= 15 is 0 Å². The number of rotatable bonds is 5. The van der Waals surface area contributed by atoms with Gasteiger partial charge in [-0.3, -0.25) is 15.4 Å². The van der Waals surface area contributed by atoms with Crippen LogP contribution in [0.1, 0.15) is 49.5 Å². The molecule has 0 amide bonds. The average Bonchev–Trinajstić information content (AvgIpc) is 3.12. The first-order valence-corrected chi connectivity index (χ1v) is 8.85. The number of nitrogens with zero attached hydrogens (tertiary/aromatic N) is 1. The Bertz CT molecular complexity index is 795. The highest BCUT2D eigenvalue weighted by Crippen LogP contribution is 2.28. The van der Waals surface area contributed by atoms with Gasteiger partial charge in [-0.25, -0.2) is 0 Å². The van der Waals surface area contributed by atoms with Crippen molar-refractivity contribution in [2.24, 2.45) is 0 Å². The van der Waals surface area contributed by atoms with Crippen molar-refractivity contribution in [3.63, 3.8) is 0 Å². The van der Waals surface area contributed by atoms with Crippen LogP contribution in [-0.4, -0.2) is 17.7 Å². The molecule has 1 fully saturated rings. The number of nitrogens with one attached hydrogen (secondary N) is 1. The van der Waals surface area contributed by atoms with Gasteiger partial charge < -0.3 is 4.74 Å². The van der Waals surface area contributed by atoms with Gasteiger partial charge in [-0.1, -0.05) is 44.2 Å². The fourth-order valence-electron chi connectivity index (χ4n) is 3.07. The van der Waals surface area contributed by atoms with Crippen molar-refractivity contribution in [3.8, 4) is 0 Å². The Morgan fingerprint density at radius 3 is 2.42 bits per heavy atom. The van der Waals surface area contributed by atoms with Crippen molar-refractivity contribution < 1.29 is 9.66 Å². The number of non-ortho nitro benzene ring substituents is 1. The summed E-state index contributed by atoms with van der Waals surface area (Å²) in [6, 6.07) is 15.1. The predicted molar refractivity (Wildman–Crippen MR) is 103 cm³/mol. The maximum Gasteiger partial charge on any atom is 0.269 e.